The monoisotopic (exact) mass is 298 g/mol. The molecule has 1 aromatic carbocycles. The number of aliphatic hydroxyl groups is 1. The summed E-state index contributed by atoms with van der Waals surface area (Å²) in [6, 6.07) is 6.23. The minimum atomic E-state index is 0.214. The first-order chi connectivity index (χ1) is 9.58. The molecule has 0 bridgehead atoms. The first-order valence-corrected chi connectivity index (χ1v) is 7.81. The van der Waals surface area contributed by atoms with E-state index in [-0.39, 0.29) is 6.61 Å². The third kappa shape index (κ3) is 5.70. The zero-order valence-electron chi connectivity index (χ0n) is 12.8. The lowest BCUT2D eigenvalue weighted by atomic mass is 10.1. The van der Waals surface area contributed by atoms with Crippen LogP contribution in [-0.4, -0.2) is 31.3 Å². The fourth-order valence-corrected chi connectivity index (χ4v) is 2.46. The van der Waals surface area contributed by atoms with Crippen molar-refractivity contribution in [2.75, 3.05) is 31.1 Å². The quantitative estimate of drug-likeness (QED) is 0.734. The molecule has 0 aromatic heterocycles. The van der Waals surface area contributed by atoms with Gasteiger partial charge in [0.15, 0.2) is 0 Å². The number of benzene rings is 1. The Kier molecular flexibility index (Phi) is 7.97. The van der Waals surface area contributed by atoms with Crippen molar-refractivity contribution in [3.8, 4) is 0 Å². The molecule has 0 atom stereocenters. The molecule has 0 saturated heterocycles. The number of nitrogens with zero attached hydrogens (tertiary/aromatic N) is 1. The van der Waals surface area contributed by atoms with Crippen molar-refractivity contribution >= 4 is 17.3 Å². The van der Waals surface area contributed by atoms with Crippen LogP contribution in [0.2, 0.25) is 5.02 Å². The van der Waals surface area contributed by atoms with Gasteiger partial charge in [0.25, 0.3) is 0 Å². The number of nitrogens with one attached hydrogen (secondary N) is 1. The summed E-state index contributed by atoms with van der Waals surface area (Å²) < 4.78 is 0. The van der Waals surface area contributed by atoms with Crippen LogP contribution in [0.5, 0.6) is 0 Å². The summed E-state index contributed by atoms with van der Waals surface area (Å²) in [4.78, 5) is 2.20. The van der Waals surface area contributed by atoms with Crippen LogP contribution in [0.1, 0.15) is 32.8 Å². The molecular weight excluding hydrogens is 272 g/mol. The van der Waals surface area contributed by atoms with E-state index < -0.39 is 0 Å². The van der Waals surface area contributed by atoms with E-state index in [1.54, 1.807) is 0 Å². The molecule has 114 valence electrons. The predicted octanol–water partition coefficient (Wildman–Crippen LogP) is 3.29. The zero-order valence-corrected chi connectivity index (χ0v) is 13.6. The van der Waals surface area contributed by atoms with Gasteiger partial charge in [-0.05, 0) is 43.5 Å². The number of rotatable bonds is 9. The van der Waals surface area contributed by atoms with Crippen LogP contribution in [0.3, 0.4) is 0 Å². The van der Waals surface area contributed by atoms with Crippen molar-refractivity contribution < 1.29 is 5.11 Å². The molecule has 2 N–H and O–H groups in total. The highest BCUT2D eigenvalue weighted by atomic mass is 35.5. The highest BCUT2D eigenvalue weighted by molar-refractivity contribution is 6.33. The van der Waals surface area contributed by atoms with E-state index in [2.05, 4.69) is 43.1 Å². The number of hydrogen-bond donors (Lipinski definition) is 2. The molecule has 20 heavy (non-hydrogen) atoms. The second-order valence-corrected chi connectivity index (χ2v) is 5.87. The van der Waals surface area contributed by atoms with Crippen molar-refractivity contribution in [3.05, 3.63) is 28.8 Å². The molecule has 3 nitrogen and oxygen atoms in total. The normalized spacial score (nSPS) is 11.1. The van der Waals surface area contributed by atoms with Crippen LogP contribution in [0.25, 0.3) is 0 Å². The van der Waals surface area contributed by atoms with Crippen molar-refractivity contribution in [3.63, 3.8) is 0 Å². The van der Waals surface area contributed by atoms with Gasteiger partial charge in [0.05, 0.1) is 10.7 Å². The van der Waals surface area contributed by atoms with Crippen molar-refractivity contribution in [2.45, 2.75) is 33.7 Å². The van der Waals surface area contributed by atoms with Gasteiger partial charge in [-0.1, -0.05) is 31.5 Å². The standard InChI is InChI=1S/C16H27ClN2O/c1-4-19(8-5-9-20)16-7-6-14(10-15(16)17)12-18-11-13(2)3/h6-7,10,13,18,20H,4-5,8-9,11-12H2,1-3H3. The van der Waals surface area contributed by atoms with Gasteiger partial charge in [0, 0.05) is 26.2 Å². The Morgan fingerprint density at radius 1 is 1.35 bits per heavy atom. The summed E-state index contributed by atoms with van der Waals surface area (Å²) in [5.41, 5.74) is 2.26. The fourth-order valence-electron chi connectivity index (χ4n) is 2.13. The molecule has 0 heterocycles. The van der Waals surface area contributed by atoms with Gasteiger partial charge in [0.1, 0.15) is 0 Å². The Morgan fingerprint density at radius 2 is 2.10 bits per heavy atom. The molecule has 0 unspecified atom stereocenters. The number of aliphatic hydroxyl groups excluding tert-OH is 1. The maximum Gasteiger partial charge on any atom is 0.0642 e. The Morgan fingerprint density at radius 3 is 2.65 bits per heavy atom. The SMILES string of the molecule is CCN(CCCO)c1ccc(CNCC(C)C)cc1Cl. The molecule has 4 heteroatoms. The summed E-state index contributed by atoms with van der Waals surface area (Å²) in [6.07, 6.45) is 0.766. The Balaban J connectivity index is 2.66. The van der Waals surface area contributed by atoms with E-state index in [0.717, 1.165) is 43.3 Å². The lowest BCUT2D eigenvalue weighted by molar-refractivity contribution is 0.289. The van der Waals surface area contributed by atoms with Gasteiger partial charge in [-0.15, -0.1) is 0 Å². The highest BCUT2D eigenvalue weighted by Crippen LogP contribution is 2.27. The van der Waals surface area contributed by atoms with Gasteiger partial charge in [-0.25, -0.2) is 0 Å². The summed E-state index contributed by atoms with van der Waals surface area (Å²) >= 11 is 6.39. The molecule has 0 saturated carbocycles. The smallest absolute Gasteiger partial charge is 0.0642 e. The van der Waals surface area contributed by atoms with Crippen molar-refractivity contribution in [1.29, 1.82) is 0 Å². The predicted molar refractivity (Wildman–Crippen MR) is 87.6 cm³/mol. The molecular formula is C16H27ClN2O. The summed E-state index contributed by atoms with van der Waals surface area (Å²) in [7, 11) is 0. The maximum absolute atomic E-state index is 8.94. The van der Waals surface area contributed by atoms with E-state index in [1.165, 1.54) is 5.56 Å². The van der Waals surface area contributed by atoms with E-state index in [1.807, 2.05) is 6.07 Å². The molecule has 0 spiro atoms. The van der Waals surface area contributed by atoms with Crippen LogP contribution in [0.15, 0.2) is 18.2 Å². The van der Waals surface area contributed by atoms with Crippen molar-refractivity contribution in [2.24, 2.45) is 5.92 Å². The van der Waals surface area contributed by atoms with Gasteiger partial charge in [-0.2, -0.15) is 0 Å². The van der Waals surface area contributed by atoms with Crippen LogP contribution in [0.4, 0.5) is 5.69 Å². The van der Waals surface area contributed by atoms with Crippen LogP contribution in [-0.2, 0) is 6.54 Å². The van der Waals surface area contributed by atoms with E-state index in [4.69, 9.17) is 16.7 Å². The van der Waals surface area contributed by atoms with Gasteiger partial charge in [0.2, 0.25) is 0 Å². The molecule has 1 aromatic rings. The molecule has 0 aliphatic carbocycles. The first kappa shape index (κ1) is 17.3. The lowest BCUT2D eigenvalue weighted by Crippen LogP contribution is -2.25. The Hall–Kier alpha value is -0.770. The molecule has 1 rings (SSSR count). The molecule has 0 aliphatic rings. The van der Waals surface area contributed by atoms with E-state index >= 15 is 0 Å². The number of anilines is 1. The average Bonchev–Trinajstić information content (AvgIpc) is 2.41. The maximum atomic E-state index is 8.94. The molecule has 0 radical (unpaired) electrons. The van der Waals surface area contributed by atoms with E-state index in [0.29, 0.717) is 5.92 Å². The van der Waals surface area contributed by atoms with Crippen LogP contribution in [0, 0.1) is 5.92 Å². The van der Waals surface area contributed by atoms with Gasteiger partial charge < -0.3 is 15.3 Å². The third-order valence-electron chi connectivity index (χ3n) is 3.20. The van der Waals surface area contributed by atoms with Gasteiger partial charge >= 0.3 is 0 Å². The van der Waals surface area contributed by atoms with Gasteiger partial charge in [-0.3, -0.25) is 0 Å². The minimum absolute atomic E-state index is 0.214. The molecule has 0 aliphatic heterocycles. The van der Waals surface area contributed by atoms with Crippen LogP contribution >= 0.6 is 11.6 Å². The largest absolute Gasteiger partial charge is 0.396 e. The van der Waals surface area contributed by atoms with Crippen molar-refractivity contribution in [1.82, 2.24) is 5.32 Å². The summed E-state index contributed by atoms with van der Waals surface area (Å²) in [6.45, 7) is 10.3. The lowest BCUT2D eigenvalue weighted by Gasteiger charge is -2.24. The Labute approximate surface area is 127 Å². The number of halogens is 1. The van der Waals surface area contributed by atoms with E-state index in [9.17, 15) is 0 Å². The Bertz CT molecular complexity index is 396. The summed E-state index contributed by atoms with van der Waals surface area (Å²) in [5.74, 6) is 0.652. The highest BCUT2D eigenvalue weighted by Gasteiger charge is 2.09. The number of hydrogen-bond acceptors (Lipinski definition) is 3. The second-order valence-electron chi connectivity index (χ2n) is 5.47. The topological polar surface area (TPSA) is 35.5 Å². The molecule has 0 fully saturated rings. The summed E-state index contributed by atoms with van der Waals surface area (Å²) in [5, 5.41) is 13.2. The minimum Gasteiger partial charge on any atom is -0.396 e. The zero-order chi connectivity index (χ0) is 15.0. The molecule has 0 amide bonds. The van der Waals surface area contributed by atoms with Crippen LogP contribution < -0.4 is 10.2 Å². The fraction of sp³-hybridized carbons (Fsp3) is 0.625. The second kappa shape index (κ2) is 9.22. The third-order valence-corrected chi connectivity index (χ3v) is 3.51. The average molecular weight is 299 g/mol. The first-order valence-electron chi connectivity index (χ1n) is 7.43.